The Balaban J connectivity index is 1.15. The average molecular weight is 549 g/mol. The van der Waals surface area contributed by atoms with Gasteiger partial charge in [0, 0.05) is 11.5 Å². The molecule has 5 heteroatoms. The lowest BCUT2D eigenvalue weighted by atomic mass is 9.48. The minimum Gasteiger partial charge on any atom is -0.326 e. The first-order chi connectivity index (χ1) is 18.5. The number of carbonyl (C=O) groups excluding carboxylic acids is 2. The molecule has 212 valence electrons. The molecule has 1 aromatic rings. The lowest BCUT2D eigenvalue weighted by Gasteiger charge is -2.59. The maximum atomic E-state index is 13.8. The van der Waals surface area contributed by atoms with E-state index >= 15 is 0 Å². The van der Waals surface area contributed by atoms with Crippen LogP contribution >= 0.6 is 11.8 Å². The number of nitrogens with one attached hydrogen (secondary N) is 1. The molecule has 3 amide bonds. The molecule has 4 fully saturated rings. The van der Waals surface area contributed by atoms with E-state index in [1.807, 2.05) is 11.8 Å². The second-order valence-corrected chi connectivity index (χ2v) is 16.2. The van der Waals surface area contributed by atoms with E-state index in [1.165, 1.54) is 43.2 Å². The fraction of sp³-hybridized carbons (Fsp3) is 0.706. The molecule has 1 N–H and O–H groups in total. The Labute approximate surface area is 240 Å². The van der Waals surface area contributed by atoms with Gasteiger partial charge >= 0.3 is 6.03 Å². The monoisotopic (exact) mass is 548 g/mol. The summed E-state index contributed by atoms with van der Waals surface area (Å²) in [6.07, 6.45) is 14.7. The molecule has 0 aromatic heterocycles. The van der Waals surface area contributed by atoms with Crippen LogP contribution < -0.4 is 5.32 Å². The van der Waals surface area contributed by atoms with Gasteiger partial charge in [-0.2, -0.15) is 0 Å². The molecule has 2 heterocycles. The lowest BCUT2D eigenvalue weighted by molar-refractivity contribution is -0.135. The van der Waals surface area contributed by atoms with Crippen molar-refractivity contribution in [1.82, 2.24) is 10.2 Å². The van der Waals surface area contributed by atoms with Crippen molar-refractivity contribution in [3.05, 3.63) is 47.5 Å². The second-order valence-electron chi connectivity index (χ2n) is 14.9. The predicted molar refractivity (Wildman–Crippen MR) is 161 cm³/mol. The molecule has 1 aromatic carbocycles. The van der Waals surface area contributed by atoms with E-state index in [2.05, 4.69) is 70.3 Å². The zero-order chi connectivity index (χ0) is 27.6. The number of carbonyl (C=O) groups is 2. The van der Waals surface area contributed by atoms with Crippen LogP contribution in [0.2, 0.25) is 0 Å². The van der Waals surface area contributed by atoms with Crippen LogP contribution in [0.25, 0.3) is 0 Å². The van der Waals surface area contributed by atoms with Crippen molar-refractivity contribution in [2.45, 2.75) is 115 Å². The van der Waals surface area contributed by atoms with E-state index in [0.29, 0.717) is 17.3 Å². The summed E-state index contributed by atoms with van der Waals surface area (Å²) in [5.41, 5.74) is 3.26. The lowest BCUT2D eigenvalue weighted by Crippen LogP contribution is -2.63. The van der Waals surface area contributed by atoms with Gasteiger partial charge in [-0.25, -0.2) is 4.79 Å². The summed E-state index contributed by atoms with van der Waals surface area (Å²) in [5.74, 6) is 3.44. The standard InChI is InChI=1S/C34H48N2O2S/c1-32(2,3)24-10-8-22(9-11-24)23-16-20-39-29(21-23)35-31(38)36-28-13-12-25-26-7-6-17-33(26,4)18-14-27(25)34(28,5)19-15-30(36)37/h8-11,15,19,23,25-29H,6-7,12-14,16-18,20-21H2,1-5H3,(H,35,38)/t23?,25-,26-,27-,28+,29?,33-,34+/m0/s1. The molecule has 5 aliphatic rings. The van der Waals surface area contributed by atoms with Crippen molar-refractivity contribution < 1.29 is 9.59 Å². The number of urea groups is 1. The van der Waals surface area contributed by atoms with Gasteiger partial charge in [0.15, 0.2) is 0 Å². The highest BCUT2D eigenvalue weighted by atomic mass is 32.2. The number of hydrogen-bond acceptors (Lipinski definition) is 3. The SMILES string of the molecule is CC(C)(C)c1ccc(C2CCSC(NC(=O)N3C(=O)C=C[C@]4(C)[C@H]5CC[C@]6(C)CCC[C@H]6[C@@H]5CC[C@@H]34)C2)cc1. The van der Waals surface area contributed by atoms with Crippen LogP contribution in [0.5, 0.6) is 0 Å². The summed E-state index contributed by atoms with van der Waals surface area (Å²) in [5, 5.41) is 3.35. The third-order valence-electron chi connectivity index (χ3n) is 11.7. The molecule has 8 atom stereocenters. The number of thioether (sulfide) groups is 1. The van der Waals surface area contributed by atoms with Crippen molar-refractivity contribution in [3.8, 4) is 0 Å². The molecule has 0 spiro atoms. The van der Waals surface area contributed by atoms with Gasteiger partial charge in [-0.05, 0) is 103 Å². The van der Waals surface area contributed by atoms with E-state index in [1.54, 1.807) is 11.0 Å². The predicted octanol–water partition coefficient (Wildman–Crippen LogP) is 8.03. The fourth-order valence-corrected chi connectivity index (χ4v) is 10.7. The quantitative estimate of drug-likeness (QED) is 0.407. The van der Waals surface area contributed by atoms with Crippen molar-refractivity contribution in [2.75, 3.05) is 5.75 Å². The van der Waals surface area contributed by atoms with Crippen LogP contribution in [-0.2, 0) is 10.2 Å². The molecule has 3 saturated carbocycles. The van der Waals surface area contributed by atoms with Crippen LogP contribution in [0.3, 0.4) is 0 Å². The summed E-state index contributed by atoms with van der Waals surface area (Å²) in [4.78, 5) is 28.7. The highest BCUT2D eigenvalue weighted by Crippen LogP contribution is 2.64. The minimum atomic E-state index is -0.179. The summed E-state index contributed by atoms with van der Waals surface area (Å²) in [7, 11) is 0. The second kappa shape index (κ2) is 9.96. The molecular formula is C34H48N2O2S. The Bertz CT molecular complexity index is 1140. The number of nitrogens with zero attached hydrogens (tertiary/aromatic N) is 1. The van der Waals surface area contributed by atoms with Crippen LogP contribution in [0.15, 0.2) is 36.4 Å². The third kappa shape index (κ3) is 4.79. The number of amides is 3. The number of benzene rings is 1. The highest BCUT2D eigenvalue weighted by molar-refractivity contribution is 7.99. The Morgan fingerprint density at radius 2 is 1.77 bits per heavy atom. The molecule has 3 aliphatic carbocycles. The summed E-state index contributed by atoms with van der Waals surface area (Å²) < 4.78 is 0. The zero-order valence-electron chi connectivity index (χ0n) is 24.7. The van der Waals surface area contributed by atoms with Gasteiger partial charge in [-0.1, -0.05) is 71.4 Å². The van der Waals surface area contributed by atoms with Crippen LogP contribution in [0.1, 0.15) is 109 Å². The molecule has 0 bridgehead atoms. The molecule has 4 nitrogen and oxygen atoms in total. The van der Waals surface area contributed by atoms with Crippen molar-refractivity contribution in [2.24, 2.45) is 28.6 Å². The van der Waals surface area contributed by atoms with Gasteiger partial charge in [0.05, 0.1) is 11.4 Å². The summed E-state index contributed by atoms with van der Waals surface area (Å²) in [6, 6.07) is 8.88. The Hall–Kier alpha value is -1.75. The van der Waals surface area contributed by atoms with Crippen LogP contribution in [-0.4, -0.2) is 34.0 Å². The van der Waals surface area contributed by atoms with Crippen LogP contribution in [0, 0.1) is 28.6 Å². The topological polar surface area (TPSA) is 49.4 Å². The van der Waals surface area contributed by atoms with Crippen LogP contribution in [0.4, 0.5) is 4.79 Å². The van der Waals surface area contributed by atoms with Crippen molar-refractivity contribution >= 4 is 23.7 Å². The number of rotatable bonds is 2. The molecule has 2 unspecified atom stereocenters. The molecule has 1 saturated heterocycles. The fourth-order valence-electron chi connectivity index (χ4n) is 9.39. The largest absolute Gasteiger partial charge is 0.326 e. The van der Waals surface area contributed by atoms with E-state index in [0.717, 1.165) is 43.3 Å². The normalized spacial score (nSPS) is 40.0. The Morgan fingerprint density at radius 3 is 2.51 bits per heavy atom. The Kier molecular flexibility index (Phi) is 7.00. The van der Waals surface area contributed by atoms with Gasteiger partial charge in [0.1, 0.15) is 0 Å². The summed E-state index contributed by atoms with van der Waals surface area (Å²) >= 11 is 1.83. The third-order valence-corrected chi connectivity index (χ3v) is 12.9. The number of hydrogen-bond donors (Lipinski definition) is 1. The summed E-state index contributed by atoms with van der Waals surface area (Å²) in [6.45, 7) is 11.6. The smallest absolute Gasteiger partial charge is 0.325 e. The molecule has 2 aliphatic heterocycles. The molecule has 0 radical (unpaired) electrons. The van der Waals surface area contributed by atoms with E-state index in [4.69, 9.17) is 0 Å². The van der Waals surface area contributed by atoms with E-state index in [-0.39, 0.29) is 34.2 Å². The maximum absolute atomic E-state index is 13.8. The van der Waals surface area contributed by atoms with Crippen molar-refractivity contribution in [3.63, 3.8) is 0 Å². The van der Waals surface area contributed by atoms with Crippen molar-refractivity contribution in [1.29, 1.82) is 0 Å². The van der Waals surface area contributed by atoms with E-state index in [9.17, 15) is 9.59 Å². The average Bonchev–Trinajstić information content (AvgIpc) is 3.30. The van der Waals surface area contributed by atoms with Gasteiger partial charge in [-0.15, -0.1) is 11.8 Å². The van der Waals surface area contributed by atoms with Gasteiger partial charge in [0.2, 0.25) is 0 Å². The highest BCUT2D eigenvalue weighted by Gasteiger charge is 2.59. The van der Waals surface area contributed by atoms with E-state index < -0.39 is 0 Å². The minimum absolute atomic E-state index is 0.0312. The first-order valence-corrected chi connectivity index (χ1v) is 16.6. The van der Waals surface area contributed by atoms with Gasteiger partial charge < -0.3 is 5.32 Å². The van der Waals surface area contributed by atoms with Gasteiger partial charge in [0.25, 0.3) is 5.91 Å². The first kappa shape index (κ1) is 27.4. The Morgan fingerprint density at radius 1 is 1.00 bits per heavy atom. The molecular weight excluding hydrogens is 500 g/mol. The number of imide groups is 1. The van der Waals surface area contributed by atoms with Gasteiger partial charge in [-0.3, -0.25) is 9.69 Å². The first-order valence-electron chi connectivity index (χ1n) is 15.5. The molecule has 39 heavy (non-hydrogen) atoms. The number of fused-ring (bicyclic) bond motifs is 5. The zero-order valence-corrected chi connectivity index (χ0v) is 25.5. The maximum Gasteiger partial charge on any atom is 0.325 e. The molecule has 6 rings (SSSR count).